The van der Waals surface area contributed by atoms with E-state index < -0.39 is 11.9 Å². The molecular formula is C32H26N2O7S. The highest BCUT2D eigenvalue weighted by molar-refractivity contribution is 8.18. The first-order valence-corrected chi connectivity index (χ1v) is 13.6. The number of aryl methyl sites for hydroxylation is 1. The number of nitrogens with zero attached hydrogens (tertiary/aromatic N) is 2. The van der Waals surface area contributed by atoms with Gasteiger partial charge >= 0.3 is 11.9 Å². The van der Waals surface area contributed by atoms with Crippen LogP contribution in [0.3, 0.4) is 0 Å². The normalized spacial score (nSPS) is 14.9. The second kappa shape index (κ2) is 12.2. The van der Waals surface area contributed by atoms with E-state index in [1.165, 1.54) is 31.0 Å². The molecule has 212 valence electrons. The van der Waals surface area contributed by atoms with Gasteiger partial charge in [0.25, 0.3) is 5.91 Å². The molecule has 10 heteroatoms. The average molecular weight is 583 g/mol. The van der Waals surface area contributed by atoms with E-state index in [0.29, 0.717) is 38.6 Å². The lowest BCUT2D eigenvalue weighted by atomic mass is 10.0. The molecule has 1 aliphatic rings. The van der Waals surface area contributed by atoms with E-state index in [0.717, 1.165) is 16.7 Å². The molecule has 42 heavy (non-hydrogen) atoms. The summed E-state index contributed by atoms with van der Waals surface area (Å²) in [6, 6.07) is 22.3. The highest BCUT2D eigenvalue weighted by Gasteiger charge is 2.34. The Morgan fingerprint density at radius 2 is 1.69 bits per heavy atom. The van der Waals surface area contributed by atoms with Crippen LogP contribution in [-0.4, -0.2) is 47.2 Å². The molecule has 5 rings (SSSR count). The number of aliphatic imine (C=N–C) groups is 1. The first kappa shape index (κ1) is 28.4. The fourth-order valence-electron chi connectivity index (χ4n) is 4.27. The number of amidine groups is 1. The van der Waals surface area contributed by atoms with Crippen LogP contribution in [-0.2, 0) is 16.1 Å². The highest BCUT2D eigenvalue weighted by atomic mass is 32.2. The number of hydrogen-bond donors (Lipinski definition) is 1. The van der Waals surface area contributed by atoms with Crippen LogP contribution in [0.15, 0.2) is 93.2 Å². The van der Waals surface area contributed by atoms with E-state index in [4.69, 9.17) is 18.9 Å². The van der Waals surface area contributed by atoms with E-state index >= 15 is 0 Å². The van der Waals surface area contributed by atoms with E-state index in [-0.39, 0.29) is 18.0 Å². The molecule has 0 saturated carbocycles. The Morgan fingerprint density at radius 3 is 2.36 bits per heavy atom. The second-order valence-corrected chi connectivity index (χ2v) is 10.3. The fraction of sp³-hybridized carbons (Fsp3) is 0.125. The number of furan rings is 1. The van der Waals surface area contributed by atoms with E-state index in [2.05, 4.69) is 0 Å². The number of esters is 1. The van der Waals surface area contributed by atoms with Crippen LogP contribution in [0.2, 0.25) is 0 Å². The second-order valence-electron chi connectivity index (χ2n) is 9.32. The van der Waals surface area contributed by atoms with Crippen LogP contribution in [0.25, 0.3) is 17.4 Å². The van der Waals surface area contributed by atoms with Gasteiger partial charge in [0.15, 0.2) is 5.17 Å². The monoisotopic (exact) mass is 582 g/mol. The largest absolute Gasteiger partial charge is 0.497 e. The van der Waals surface area contributed by atoms with Crippen LogP contribution in [0.4, 0.5) is 5.69 Å². The number of hydrogen-bond acceptors (Lipinski definition) is 8. The number of thioether (sulfide) groups is 1. The predicted octanol–water partition coefficient (Wildman–Crippen LogP) is 6.55. The molecule has 1 aliphatic heterocycles. The molecule has 1 fully saturated rings. The van der Waals surface area contributed by atoms with Crippen LogP contribution in [0.1, 0.15) is 37.6 Å². The van der Waals surface area contributed by atoms with E-state index in [1.54, 1.807) is 78.7 Å². The molecule has 0 aliphatic carbocycles. The summed E-state index contributed by atoms with van der Waals surface area (Å²) >= 11 is 1.21. The van der Waals surface area contributed by atoms with Crippen LogP contribution in [0.5, 0.6) is 5.75 Å². The summed E-state index contributed by atoms with van der Waals surface area (Å²) in [5.74, 6) is -0.0449. The van der Waals surface area contributed by atoms with Gasteiger partial charge in [-0.1, -0.05) is 18.2 Å². The van der Waals surface area contributed by atoms with Gasteiger partial charge in [0.2, 0.25) is 0 Å². The van der Waals surface area contributed by atoms with Crippen LogP contribution < -0.4 is 4.74 Å². The van der Waals surface area contributed by atoms with Crippen molar-refractivity contribution >= 4 is 46.5 Å². The quantitative estimate of drug-likeness (QED) is 0.183. The van der Waals surface area contributed by atoms with E-state index in [9.17, 15) is 19.5 Å². The molecule has 0 unspecified atom stereocenters. The fourth-order valence-corrected chi connectivity index (χ4v) is 5.25. The number of carboxylic acid groups (broad SMARTS) is 1. The first-order chi connectivity index (χ1) is 20.2. The van der Waals surface area contributed by atoms with Crippen molar-refractivity contribution in [3.63, 3.8) is 0 Å². The Balaban J connectivity index is 1.46. The summed E-state index contributed by atoms with van der Waals surface area (Å²) in [5, 5.41) is 9.69. The summed E-state index contributed by atoms with van der Waals surface area (Å²) in [7, 11) is 2.91. The minimum absolute atomic E-state index is 0.162. The Hall–Kier alpha value is -5.09. The van der Waals surface area contributed by atoms with Crippen LogP contribution >= 0.6 is 11.8 Å². The van der Waals surface area contributed by atoms with Gasteiger partial charge in [0.05, 0.1) is 42.5 Å². The summed E-state index contributed by atoms with van der Waals surface area (Å²) < 4.78 is 16.1. The van der Waals surface area contributed by atoms with Gasteiger partial charge in [-0.3, -0.25) is 9.69 Å². The minimum atomic E-state index is -1.02. The summed E-state index contributed by atoms with van der Waals surface area (Å²) in [5.41, 5.74) is 3.60. The molecular weight excluding hydrogens is 556 g/mol. The molecule has 3 aromatic carbocycles. The number of carboxylic acids is 1. The maximum absolute atomic E-state index is 13.6. The molecule has 2 heterocycles. The third-order valence-electron chi connectivity index (χ3n) is 6.55. The maximum Gasteiger partial charge on any atom is 0.337 e. The Bertz CT molecular complexity index is 1720. The highest BCUT2D eigenvalue weighted by Crippen LogP contribution is 2.36. The molecule has 0 spiro atoms. The Kier molecular flexibility index (Phi) is 8.26. The van der Waals surface area contributed by atoms with Crippen molar-refractivity contribution in [2.75, 3.05) is 14.2 Å². The molecule has 4 aromatic rings. The number of aromatic carboxylic acids is 1. The number of amides is 1. The number of ether oxygens (including phenoxy) is 2. The number of benzene rings is 3. The predicted molar refractivity (Wildman–Crippen MR) is 160 cm³/mol. The molecule has 9 nitrogen and oxygen atoms in total. The lowest BCUT2D eigenvalue weighted by Gasteiger charge is -2.16. The average Bonchev–Trinajstić information content (AvgIpc) is 3.58. The van der Waals surface area contributed by atoms with Crippen molar-refractivity contribution in [1.29, 1.82) is 0 Å². The van der Waals surface area contributed by atoms with Crippen molar-refractivity contribution in [3.8, 4) is 17.1 Å². The van der Waals surface area contributed by atoms with Crippen LogP contribution in [0, 0.1) is 6.92 Å². The van der Waals surface area contributed by atoms with Gasteiger partial charge in [-0.2, -0.15) is 0 Å². The van der Waals surface area contributed by atoms with Crippen molar-refractivity contribution in [3.05, 3.63) is 112 Å². The zero-order valence-corrected chi connectivity index (χ0v) is 23.8. The van der Waals surface area contributed by atoms with Gasteiger partial charge in [-0.15, -0.1) is 0 Å². The maximum atomic E-state index is 13.6. The molecule has 0 bridgehead atoms. The van der Waals surface area contributed by atoms with E-state index in [1.807, 2.05) is 13.0 Å². The number of methoxy groups -OCH3 is 2. The molecule has 1 saturated heterocycles. The summed E-state index contributed by atoms with van der Waals surface area (Å²) in [4.78, 5) is 43.6. The SMILES string of the molecule is COC(=O)c1ccc(C)c(-c2ccc(/C=C3\SC(=Nc4ccc(OC)cc4)N(Cc4ccc(C(=O)O)cc4)C3=O)o2)c1. The van der Waals surface area contributed by atoms with Crippen molar-refractivity contribution < 1.29 is 33.4 Å². The number of rotatable bonds is 8. The Labute approximate surface area is 246 Å². The molecule has 0 radical (unpaired) electrons. The zero-order valence-electron chi connectivity index (χ0n) is 23.0. The van der Waals surface area contributed by atoms with Gasteiger partial charge in [0.1, 0.15) is 17.3 Å². The number of carbonyl (C=O) groups excluding carboxylic acids is 2. The number of carbonyl (C=O) groups is 3. The van der Waals surface area contributed by atoms with Gasteiger partial charge in [0, 0.05) is 11.6 Å². The van der Waals surface area contributed by atoms with Gasteiger partial charge < -0.3 is 19.0 Å². The first-order valence-electron chi connectivity index (χ1n) is 12.8. The zero-order chi connectivity index (χ0) is 29.8. The third kappa shape index (κ3) is 6.13. The molecule has 1 N–H and O–H groups in total. The topological polar surface area (TPSA) is 119 Å². The smallest absolute Gasteiger partial charge is 0.337 e. The van der Waals surface area contributed by atoms with Crippen molar-refractivity contribution in [2.24, 2.45) is 4.99 Å². The molecule has 1 amide bonds. The third-order valence-corrected chi connectivity index (χ3v) is 7.56. The van der Waals surface area contributed by atoms with Gasteiger partial charge in [-0.25, -0.2) is 14.6 Å². The lowest BCUT2D eigenvalue weighted by molar-refractivity contribution is -0.122. The van der Waals surface area contributed by atoms with Crippen molar-refractivity contribution in [2.45, 2.75) is 13.5 Å². The summed E-state index contributed by atoms with van der Waals surface area (Å²) in [6.07, 6.45) is 1.66. The standard InChI is InChI=1S/C32H26N2O7S/c1-19-4-7-22(31(38)40-3)16-26(19)27-15-14-25(41-27)17-28-29(35)34(18-20-5-8-21(9-6-20)30(36)37)32(42-28)33-23-10-12-24(39-2)13-11-23/h4-17H,18H2,1-3H3,(H,36,37)/b28-17-,33-32?. The Morgan fingerprint density at radius 1 is 0.976 bits per heavy atom. The lowest BCUT2D eigenvalue weighted by Crippen LogP contribution is -2.28. The van der Waals surface area contributed by atoms with Gasteiger partial charge in [-0.05, 0) is 90.5 Å². The minimum Gasteiger partial charge on any atom is -0.497 e. The molecule has 1 aromatic heterocycles. The summed E-state index contributed by atoms with van der Waals surface area (Å²) in [6.45, 7) is 2.11. The van der Waals surface area contributed by atoms with Crippen molar-refractivity contribution in [1.82, 2.24) is 4.90 Å². The molecule has 0 atom stereocenters.